The SMILES string of the molecule is N#CC1=C(N)Oc2ccc(Cl)cc2[C@H]1C[N+](=O)[O-]. The minimum Gasteiger partial charge on any atom is -0.440 e. The number of ether oxygens (including phenoxy) is 1. The molecular formula is C11H8ClN3O3. The molecule has 1 aliphatic rings. The van der Waals surface area contributed by atoms with Gasteiger partial charge in [0.05, 0.1) is 5.92 Å². The van der Waals surface area contributed by atoms with Crippen LogP contribution in [0.1, 0.15) is 11.5 Å². The van der Waals surface area contributed by atoms with Crippen LogP contribution in [0.5, 0.6) is 5.75 Å². The fourth-order valence-electron chi connectivity index (χ4n) is 1.86. The molecule has 0 spiro atoms. The van der Waals surface area contributed by atoms with Crippen molar-refractivity contribution in [2.24, 2.45) is 5.73 Å². The number of halogens is 1. The van der Waals surface area contributed by atoms with E-state index in [1.807, 2.05) is 6.07 Å². The molecule has 7 heteroatoms. The molecule has 0 bridgehead atoms. The van der Waals surface area contributed by atoms with Crippen LogP contribution in [0.2, 0.25) is 5.02 Å². The molecule has 1 atom stereocenters. The van der Waals surface area contributed by atoms with Gasteiger partial charge in [-0.15, -0.1) is 0 Å². The molecule has 2 rings (SSSR count). The summed E-state index contributed by atoms with van der Waals surface area (Å²) in [5, 5.41) is 20.1. The minimum absolute atomic E-state index is 0.0569. The monoisotopic (exact) mass is 265 g/mol. The quantitative estimate of drug-likeness (QED) is 0.649. The zero-order chi connectivity index (χ0) is 13.3. The van der Waals surface area contributed by atoms with Gasteiger partial charge in [-0.3, -0.25) is 10.1 Å². The van der Waals surface area contributed by atoms with Crippen LogP contribution in [0.4, 0.5) is 0 Å². The molecule has 0 unspecified atom stereocenters. The molecule has 92 valence electrons. The van der Waals surface area contributed by atoms with Crippen molar-refractivity contribution in [3.63, 3.8) is 0 Å². The van der Waals surface area contributed by atoms with Crippen LogP contribution in [0.25, 0.3) is 0 Å². The standard InChI is InChI=1S/C11H8ClN3O3/c12-6-1-2-10-7(3-6)9(5-15(16)17)8(4-13)11(14)18-10/h1-3,9H,5,14H2/t9-/m1/s1. The summed E-state index contributed by atoms with van der Waals surface area (Å²) in [6, 6.07) is 6.57. The summed E-state index contributed by atoms with van der Waals surface area (Å²) in [6.45, 7) is -0.430. The van der Waals surface area contributed by atoms with Crippen molar-refractivity contribution in [3.05, 3.63) is 50.4 Å². The number of benzene rings is 1. The van der Waals surface area contributed by atoms with Crippen LogP contribution in [0.15, 0.2) is 29.7 Å². The lowest BCUT2D eigenvalue weighted by Crippen LogP contribution is -2.24. The predicted molar refractivity (Wildman–Crippen MR) is 63.5 cm³/mol. The fourth-order valence-corrected chi connectivity index (χ4v) is 2.04. The Morgan fingerprint density at radius 3 is 2.94 bits per heavy atom. The van der Waals surface area contributed by atoms with Crippen molar-refractivity contribution in [2.75, 3.05) is 6.54 Å². The molecular weight excluding hydrogens is 258 g/mol. The van der Waals surface area contributed by atoms with Crippen LogP contribution in [-0.2, 0) is 0 Å². The molecule has 6 nitrogen and oxygen atoms in total. The Labute approximate surface area is 107 Å². The highest BCUT2D eigenvalue weighted by atomic mass is 35.5. The molecule has 18 heavy (non-hydrogen) atoms. The Balaban J connectivity index is 2.55. The van der Waals surface area contributed by atoms with Crippen molar-refractivity contribution in [1.82, 2.24) is 0 Å². The van der Waals surface area contributed by atoms with Gasteiger partial charge in [-0.05, 0) is 18.2 Å². The van der Waals surface area contributed by atoms with Gasteiger partial charge in [0, 0.05) is 15.5 Å². The lowest BCUT2D eigenvalue weighted by molar-refractivity contribution is -0.482. The van der Waals surface area contributed by atoms with Crippen molar-refractivity contribution < 1.29 is 9.66 Å². The van der Waals surface area contributed by atoms with Crippen LogP contribution >= 0.6 is 11.6 Å². The lowest BCUT2D eigenvalue weighted by Gasteiger charge is -2.23. The summed E-state index contributed by atoms with van der Waals surface area (Å²) in [5.74, 6) is -0.436. The largest absolute Gasteiger partial charge is 0.440 e. The summed E-state index contributed by atoms with van der Waals surface area (Å²) in [6.07, 6.45) is 0. The number of nitro groups is 1. The van der Waals surface area contributed by atoms with Crippen LogP contribution in [0, 0.1) is 21.4 Å². The highest BCUT2D eigenvalue weighted by Gasteiger charge is 2.32. The Bertz CT molecular complexity index is 592. The van der Waals surface area contributed by atoms with Gasteiger partial charge in [-0.25, -0.2) is 0 Å². The Morgan fingerprint density at radius 2 is 2.33 bits per heavy atom. The minimum atomic E-state index is -0.729. The van der Waals surface area contributed by atoms with Crippen LogP contribution < -0.4 is 10.5 Å². The average Bonchev–Trinajstić information content (AvgIpc) is 2.30. The van der Waals surface area contributed by atoms with E-state index in [9.17, 15) is 10.1 Å². The number of nitrogens with zero attached hydrogens (tertiary/aromatic N) is 2. The van der Waals surface area contributed by atoms with E-state index in [0.29, 0.717) is 16.3 Å². The molecule has 0 saturated heterocycles. The second-order valence-electron chi connectivity index (χ2n) is 3.74. The predicted octanol–water partition coefficient (Wildman–Crippen LogP) is 1.79. The van der Waals surface area contributed by atoms with Gasteiger partial charge in [0.2, 0.25) is 12.4 Å². The molecule has 1 aromatic carbocycles. The maximum absolute atomic E-state index is 10.7. The molecule has 2 N–H and O–H groups in total. The summed E-state index contributed by atoms with van der Waals surface area (Å²) < 4.78 is 5.26. The topological polar surface area (TPSA) is 102 Å². The first-order valence-corrected chi connectivity index (χ1v) is 5.39. The maximum Gasteiger partial charge on any atom is 0.215 e. The molecule has 1 heterocycles. The van der Waals surface area contributed by atoms with Gasteiger partial charge in [0.25, 0.3) is 0 Å². The third-order valence-electron chi connectivity index (χ3n) is 2.63. The third kappa shape index (κ3) is 2.08. The normalized spacial score (nSPS) is 17.7. The second-order valence-corrected chi connectivity index (χ2v) is 4.18. The maximum atomic E-state index is 10.7. The number of hydrogen-bond donors (Lipinski definition) is 1. The number of fused-ring (bicyclic) bond motifs is 1. The van der Waals surface area contributed by atoms with Gasteiger partial charge < -0.3 is 10.5 Å². The number of nitrogens with two attached hydrogens (primary N) is 1. The Kier molecular flexibility index (Phi) is 3.08. The van der Waals surface area contributed by atoms with Crippen molar-refractivity contribution in [1.29, 1.82) is 5.26 Å². The molecule has 0 fully saturated rings. The number of rotatable bonds is 2. The lowest BCUT2D eigenvalue weighted by atomic mass is 9.89. The highest BCUT2D eigenvalue weighted by molar-refractivity contribution is 6.30. The van der Waals surface area contributed by atoms with Gasteiger partial charge in [-0.1, -0.05) is 11.6 Å². The van der Waals surface area contributed by atoms with Crippen molar-refractivity contribution in [2.45, 2.75) is 5.92 Å². The molecule has 1 aliphatic heterocycles. The third-order valence-corrected chi connectivity index (χ3v) is 2.87. The highest BCUT2D eigenvalue weighted by Crippen LogP contribution is 2.39. The average molecular weight is 266 g/mol. The van der Waals surface area contributed by atoms with Crippen molar-refractivity contribution >= 4 is 11.6 Å². The first-order chi connectivity index (χ1) is 8.52. The van der Waals surface area contributed by atoms with E-state index in [1.165, 1.54) is 0 Å². The van der Waals surface area contributed by atoms with E-state index in [4.69, 9.17) is 27.3 Å². The zero-order valence-electron chi connectivity index (χ0n) is 9.09. The summed E-state index contributed by atoms with van der Waals surface area (Å²) in [4.78, 5) is 10.2. The van der Waals surface area contributed by atoms with Crippen molar-refractivity contribution in [3.8, 4) is 11.8 Å². The summed E-state index contributed by atoms with van der Waals surface area (Å²) in [7, 11) is 0. The van der Waals surface area contributed by atoms with Gasteiger partial charge in [-0.2, -0.15) is 5.26 Å². The smallest absolute Gasteiger partial charge is 0.215 e. The molecule has 1 aromatic rings. The Morgan fingerprint density at radius 1 is 1.61 bits per heavy atom. The Hall–Kier alpha value is -2.26. The second kappa shape index (κ2) is 4.55. The van der Waals surface area contributed by atoms with Gasteiger partial charge >= 0.3 is 0 Å². The summed E-state index contributed by atoms with van der Waals surface area (Å²) >= 11 is 5.85. The zero-order valence-corrected chi connectivity index (χ0v) is 9.85. The molecule has 0 amide bonds. The molecule has 0 radical (unpaired) electrons. The number of hydrogen-bond acceptors (Lipinski definition) is 5. The van der Waals surface area contributed by atoms with E-state index in [-0.39, 0.29) is 11.5 Å². The molecule has 0 saturated carbocycles. The van der Waals surface area contributed by atoms with E-state index in [1.54, 1.807) is 18.2 Å². The van der Waals surface area contributed by atoms with Gasteiger partial charge in [0.1, 0.15) is 17.4 Å². The summed E-state index contributed by atoms with van der Waals surface area (Å²) in [5.41, 5.74) is 6.15. The molecule has 0 aromatic heterocycles. The van der Waals surface area contributed by atoms with Crippen LogP contribution in [0.3, 0.4) is 0 Å². The first kappa shape index (κ1) is 12.2. The fraction of sp³-hybridized carbons (Fsp3) is 0.182. The van der Waals surface area contributed by atoms with E-state index in [0.717, 1.165) is 0 Å². The van der Waals surface area contributed by atoms with E-state index >= 15 is 0 Å². The van der Waals surface area contributed by atoms with E-state index in [2.05, 4.69) is 0 Å². The number of nitriles is 1. The molecule has 0 aliphatic carbocycles. The van der Waals surface area contributed by atoms with E-state index < -0.39 is 17.4 Å². The van der Waals surface area contributed by atoms with Gasteiger partial charge in [0.15, 0.2) is 0 Å². The van der Waals surface area contributed by atoms with Crippen LogP contribution in [-0.4, -0.2) is 11.5 Å². The first-order valence-electron chi connectivity index (χ1n) is 5.01.